The van der Waals surface area contributed by atoms with Crippen LogP contribution < -0.4 is 9.62 Å². The van der Waals surface area contributed by atoms with E-state index in [2.05, 4.69) is 5.32 Å². The zero-order chi connectivity index (χ0) is 28.6. The standard InChI is InChI=1S/C28H30Cl3N3O4S/c1-3-16-32-28(36)26(4-2)33(18-23-24(30)14-9-15-25(23)31)27(35)19-34(21-11-8-10-20(29)17-21)39(37,38)22-12-6-5-7-13-22/h5-15,17,26H,3-4,16,18-19H2,1-2H3,(H,32,36). The van der Waals surface area contributed by atoms with Crippen LogP contribution in [-0.4, -0.2) is 44.3 Å². The molecule has 11 heteroatoms. The smallest absolute Gasteiger partial charge is 0.264 e. The maximum absolute atomic E-state index is 14.0. The molecule has 0 saturated carbocycles. The van der Waals surface area contributed by atoms with Gasteiger partial charge in [-0.05, 0) is 55.3 Å². The van der Waals surface area contributed by atoms with Crippen molar-refractivity contribution < 1.29 is 18.0 Å². The number of halogens is 3. The summed E-state index contributed by atoms with van der Waals surface area (Å²) < 4.78 is 28.5. The van der Waals surface area contributed by atoms with Crippen molar-refractivity contribution in [1.29, 1.82) is 0 Å². The summed E-state index contributed by atoms with van der Waals surface area (Å²) in [6.45, 7) is 3.45. The highest BCUT2D eigenvalue weighted by molar-refractivity contribution is 7.92. The molecular weight excluding hydrogens is 581 g/mol. The van der Waals surface area contributed by atoms with Crippen LogP contribution in [0.2, 0.25) is 15.1 Å². The van der Waals surface area contributed by atoms with Gasteiger partial charge in [0.1, 0.15) is 12.6 Å². The van der Waals surface area contributed by atoms with E-state index in [0.717, 1.165) is 4.31 Å². The molecule has 0 aliphatic carbocycles. The van der Waals surface area contributed by atoms with Crippen molar-refractivity contribution in [3.05, 3.63) is 93.4 Å². The molecular formula is C28H30Cl3N3O4S. The van der Waals surface area contributed by atoms with Crippen molar-refractivity contribution in [2.24, 2.45) is 0 Å². The number of carbonyl (C=O) groups excluding carboxylic acids is 2. The number of benzene rings is 3. The van der Waals surface area contributed by atoms with Crippen LogP contribution in [0.4, 0.5) is 5.69 Å². The third kappa shape index (κ3) is 7.66. The van der Waals surface area contributed by atoms with Gasteiger partial charge in [-0.15, -0.1) is 0 Å². The Morgan fingerprint density at radius 2 is 1.54 bits per heavy atom. The van der Waals surface area contributed by atoms with Gasteiger partial charge in [0.2, 0.25) is 11.8 Å². The summed E-state index contributed by atoms with van der Waals surface area (Å²) in [6, 6.07) is 18.1. The van der Waals surface area contributed by atoms with Crippen molar-refractivity contribution >= 4 is 62.3 Å². The zero-order valence-corrected chi connectivity index (χ0v) is 24.7. The fraction of sp³-hybridized carbons (Fsp3) is 0.286. The molecule has 3 aromatic carbocycles. The monoisotopic (exact) mass is 609 g/mol. The third-order valence-corrected chi connectivity index (χ3v) is 8.76. The van der Waals surface area contributed by atoms with Gasteiger partial charge in [-0.3, -0.25) is 13.9 Å². The summed E-state index contributed by atoms with van der Waals surface area (Å²) in [7, 11) is -4.18. The van der Waals surface area contributed by atoms with Gasteiger partial charge in [-0.1, -0.05) is 79.0 Å². The lowest BCUT2D eigenvalue weighted by Crippen LogP contribution is -2.52. The number of rotatable bonds is 12. The second-order valence-electron chi connectivity index (χ2n) is 8.74. The normalized spacial score (nSPS) is 12.0. The lowest BCUT2D eigenvalue weighted by atomic mass is 10.1. The van der Waals surface area contributed by atoms with E-state index >= 15 is 0 Å². The minimum atomic E-state index is -4.18. The molecule has 0 spiro atoms. The lowest BCUT2D eigenvalue weighted by Gasteiger charge is -2.33. The minimum Gasteiger partial charge on any atom is -0.354 e. The molecule has 0 aliphatic rings. The van der Waals surface area contributed by atoms with Gasteiger partial charge >= 0.3 is 0 Å². The van der Waals surface area contributed by atoms with E-state index < -0.39 is 28.5 Å². The largest absolute Gasteiger partial charge is 0.354 e. The first-order valence-corrected chi connectivity index (χ1v) is 15.0. The highest BCUT2D eigenvalue weighted by Crippen LogP contribution is 2.29. The highest BCUT2D eigenvalue weighted by Gasteiger charge is 2.34. The lowest BCUT2D eigenvalue weighted by molar-refractivity contribution is -0.140. The Kier molecular flexibility index (Phi) is 11.1. The predicted molar refractivity (Wildman–Crippen MR) is 157 cm³/mol. The molecule has 1 N–H and O–H groups in total. The van der Waals surface area contributed by atoms with Crippen LogP contribution >= 0.6 is 34.8 Å². The van der Waals surface area contributed by atoms with Gasteiger partial charge in [0.05, 0.1) is 10.6 Å². The summed E-state index contributed by atoms with van der Waals surface area (Å²) in [6.07, 6.45) is 0.996. The van der Waals surface area contributed by atoms with Crippen LogP contribution in [0.15, 0.2) is 77.7 Å². The van der Waals surface area contributed by atoms with Crippen molar-refractivity contribution in [1.82, 2.24) is 10.2 Å². The van der Waals surface area contributed by atoms with E-state index in [9.17, 15) is 18.0 Å². The zero-order valence-electron chi connectivity index (χ0n) is 21.6. The Balaban J connectivity index is 2.08. The molecule has 1 atom stereocenters. The number of sulfonamides is 1. The Morgan fingerprint density at radius 1 is 0.897 bits per heavy atom. The number of nitrogens with one attached hydrogen (secondary N) is 1. The van der Waals surface area contributed by atoms with E-state index in [4.69, 9.17) is 34.8 Å². The van der Waals surface area contributed by atoms with Crippen LogP contribution in [0, 0.1) is 0 Å². The van der Waals surface area contributed by atoms with E-state index in [1.807, 2.05) is 6.92 Å². The molecule has 0 saturated heterocycles. The van der Waals surface area contributed by atoms with Gasteiger partial charge in [0, 0.05) is 33.7 Å². The predicted octanol–water partition coefficient (Wildman–Crippen LogP) is 6.18. The van der Waals surface area contributed by atoms with Gasteiger partial charge in [0.15, 0.2) is 0 Å². The Labute approximate surface area is 244 Å². The first kappa shape index (κ1) is 30.8. The fourth-order valence-corrected chi connectivity index (χ4v) is 6.15. The quantitative estimate of drug-likeness (QED) is 0.266. The minimum absolute atomic E-state index is 0.00574. The highest BCUT2D eigenvalue weighted by atomic mass is 35.5. The molecule has 0 radical (unpaired) electrons. The second kappa shape index (κ2) is 14.0. The molecule has 1 unspecified atom stereocenters. The van der Waals surface area contributed by atoms with Crippen molar-refractivity contribution in [3.8, 4) is 0 Å². The maximum Gasteiger partial charge on any atom is 0.264 e. The first-order valence-electron chi connectivity index (χ1n) is 12.4. The summed E-state index contributed by atoms with van der Waals surface area (Å²) >= 11 is 19.0. The average Bonchev–Trinajstić information content (AvgIpc) is 2.92. The molecule has 0 bridgehead atoms. The van der Waals surface area contributed by atoms with Crippen LogP contribution in [0.3, 0.4) is 0 Å². The SMILES string of the molecule is CCCNC(=O)C(CC)N(Cc1c(Cl)cccc1Cl)C(=O)CN(c1cccc(Cl)c1)S(=O)(=O)c1ccccc1. The van der Waals surface area contributed by atoms with Crippen molar-refractivity contribution in [3.63, 3.8) is 0 Å². The first-order chi connectivity index (χ1) is 18.6. The second-order valence-corrected chi connectivity index (χ2v) is 11.9. The molecule has 0 fully saturated rings. The average molecular weight is 611 g/mol. The Hall–Kier alpha value is -2.78. The van der Waals surface area contributed by atoms with Crippen LogP contribution in [0.1, 0.15) is 32.3 Å². The molecule has 0 aromatic heterocycles. The maximum atomic E-state index is 14.0. The van der Waals surface area contributed by atoms with Gasteiger partial charge in [-0.2, -0.15) is 0 Å². The molecule has 0 aliphatic heterocycles. The molecule has 0 heterocycles. The van der Waals surface area contributed by atoms with Crippen molar-refractivity contribution in [2.75, 3.05) is 17.4 Å². The van der Waals surface area contributed by atoms with E-state index in [0.29, 0.717) is 33.6 Å². The number of hydrogen-bond acceptors (Lipinski definition) is 4. The summed E-state index contributed by atoms with van der Waals surface area (Å²) in [5.41, 5.74) is 0.662. The number of nitrogens with zero attached hydrogens (tertiary/aromatic N) is 2. The molecule has 208 valence electrons. The number of carbonyl (C=O) groups is 2. The van der Waals surface area contributed by atoms with Gasteiger partial charge in [-0.25, -0.2) is 8.42 Å². The van der Waals surface area contributed by atoms with E-state index in [1.165, 1.54) is 23.1 Å². The Bertz CT molecular complexity index is 1380. The summed E-state index contributed by atoms with van der Waals surface area (Å²) in [4.78, 5) is 28.5. The number of hydrogen-bond donors (Lipinski definition) is 1. The molecule has 39 heavy (non-hydrogen) atoms. The molecule has 2 amide bonds. The summed E-state index contributed by atoms with van der Waals surface area (Å²) in [5.74, 6) is -0.958. The van der Waals surface area contributed by atoms with Crippen molar-refractivity contribution in [2.45, 2.75) is 44.2 Å². The van der Waals surface area contributed by atoms with Crippen LogP contribution in [-0.2, 0) is 26.2 Å². The Morgan fingerprint density at radius 3 is 2.13 bits per heavy atom. The number of anilines is 1. The topological polar surface area (TPSA) is 86.8 Å². The summed E-state index contributed by atoms with van der Waals surface area (Å²) in [5, 5.41) is 3.79. The van der Waals surface area contributed by atoms with Crippen LogP contribution in [0.5, 0.6) is 0 Å². The number of amides is 2. The van der Waals surface area contributed by atoms with E-state index in [1.54, 1.807) is 61.5 Å². The van der Waals surface area contributed by atoms with E-state index in [-0.39, 0.29) is 29.5 Å². The molecule has 7 nitrogen and oxygen atoms in total. The molecule has 3 rings (SSSR count). The van der Waals surface area contributed by atoms with Crippen LogP contribution in [0.25, 0.3) is 0 Å². The van der Waals surface area contributed by atoms with Gasteiger partial charge < -0.3 is 10.2 Å². The fourth-order valence-electron chi connectivity index (χ4n) is 4.02. The molecule has 3 aromatic rings. The third-order valence-electron chi connectivity index (χ3n) is 6.03. The van der Waals surface area contributed by atoms with Gasteiger partial charge in [0.25, 0.3) is 10.0 Å².